The Kier molecular flexibility index (Phi) is 5.12. The van der Waals surface area contributed by atoms with E-state index in [4.69, 9.17) is 17.3 Å². The van der Waals surface area contributed by atoms with Crippen molar-refractivity contribution in [3.63, 3.8) is 0 Å². The van der Waals surface area contributed by atoms with Gasteiger partial charge in [0.25, 0.3) is 0 Å². The Labute approximate surface area is 101 Å². The number of para-hydroxylation sites is 1. The SMILES string of the molecule is CCCCC(Nc1ccccc1Cl)C(N)=O. The zero-order valence-corrected chi connectivity index (χ0v) is 10.1. The van der Waals surface area contributed by atoms with Crippen LogP contribution >= 0.6 is 11.6 Å². The molecule has 1 amide bonds. The van der Waals surface area contributed by atoms with Crippen molar-refractivity contribution in [2.24, 2.45) is 5.73 Å². The summed E-state index contributed by atoms with van der Waals surface area (Å²) in [7, 11) is 0. The largest absolute Gasteiger partial charge is 0.372 e. The number of benzene rings is 1. The summed E-state index contributed by atoms with van der Waals surface area (Å²) in [6.45, 7) is 2.08. The van der Waals surface area contributed by atoms with Gasteiger partial charge in [-0.05, 0) is 18.6 Å². The highest BCUT2D eigenvalue weighted by Crippen LogP contribution is 2.22. The molecule has 4 heteroatoms. The van der Waals surface area contributed by atoms with Gasteiger partial charge in [-0.3, -0.25) is 4.79 Å². The average molecular weight is 241 g/mol. The lowest BCUT2D eigenvalue weighted by molar-refractivity contribution is -0.118. The van der Waals surface area contributed by atoms with E-state index < -0.39 is 0 Å². The molecule has 0 fully saturated rings. The standard InChI is InChI=1S/C12H17ClN2O/c1-2-3-7-11(12(14)16)15-10-8-5-4-6-9(10)13/h4-6,8,11,15H,2-3,7H2,1H3,(H2,14,16). The first-order valence-electron chi connectivity index (χ1n) is 5.45. The number of carbonyl (C=O) groups excluding carboxylic acids is 1. The van der Waals surface area contributed by atoms with Crippen LogP contribution in [0.4, 0.5) is 5.69 Å². The molecule has 0 aliphatic rings. The van der Waals surface area contributed by atoms with Crippen LogP contribution in [0.1, 0.15) is 26.2 Å². The molecule has 0 aliphatic carbocycles. The molecule has 3 nitrogen and oxygen atoms in total. The Hall–Kier alpha value is -1.22. The number of hydrogen-bond acceptors (Lipinski definition) is 2. The Bertz CT molecular complexity index is 355. The van der Waals surface area contributed by atoms with Crippen molar-refractivity contribution in [2.45, 2.75) is 32.2 Å². The second kappa shape index (κ2) is 6.38. The topological polar surface area (TPSA) is 55.1 Å². The maximum Gasteiger partial charge on any atom is 0.239 e. The van der Waals surface area contributed by atoms with Crippen molar-refractivity contribution < 1.29 is 4.79 Å². The van der Waals surface area contributed by atoms with Gasteiger partial charge in [0.05, 0.1) is 10.7 Å². The van der Waals surface area contributed by atoms with Crippen LogP contribution in [-0.2, 0) is 4.79 Å². The maximum absolute atomic E-state index is 11.2. The van der Waals surface area contributed by atoms with Gasteiger partial charge in [0.2, 0.25) is 5.91 Å². The molecule has 0 aromatic heterocycles. The molecule has 0 aliphatic heterocycles. The molecular formula is C12H17ClN2O. The number of nitrogens with two attached hydrogens (primary N) is 1. The summed E-state index contributed by atoms with van der Waals surface area (Å²) in [5, 5.41) is 3.68. The summed E-state index contributed by atoms with van der Waals surface area (Å²) in [5.74, 6) is -0.339. The van der Waals surface area contributed by atoms with Crippen molar-refractivity contribution >= 4 is 23.2 Å². The molecule has 0 spiro atoms. The van der Waals surface area contributed by atoms with E-state index >= 15 is 0 Å². The number of anilines is 1. The van der Waals surface area contributed by atoms with Gasteiger partial charge in [0, 0.05) is 0 Å². The van der Waals surface area contributed by atoms with E-state index in [-0.39, 0.29) is 11.9 Å². The van der Waals surface area contributed by atoms with Crippen LogP contribution in [-0.4, -0.2) is 11.9 Å². The maximum atomic E-state index is 11.2. The fourth-order valence-electron chi connectivity index (χ4n) is 1.46. The molecular weight excluding hydrogens is 224 g/mol. The van der Waals surface area contributed by atoms with Crippen LogP contribution in [0.3, 0.4) is 0 Å². The smallest absolute Gasteiger partial charge is 0.239 e. The number of halogens is 1. The minimum atomic E-state index is -0.347. The molecule has 1 aromatic carbocycles. The molecule has 1 atom stereocenters. The van der Waals surface area contributed by atoms with Crippen molar-refractivity contribution in [1.29, 1.82) is 0 Å². The van der Waals surface area contributed by atoms with E-state index in [2.05, 4.69) is 12.2 Å². The van der Waals surface area contributed by atoms with Gasteiger partial charge < -0.3 is 11.1 Å². The number of unbranched alkanes of at least 4 members (excludes halogenated alkanes) is 1. The lowest BCUT2D eigenvalue weighted by Gasteiger charge is -2.17. The summed E-state index contributed by atoms with van der Waals surface area (Å²) in [5.41, 5.74) is 6.08. The Morgan fingerprint density at radius 2 is 2.19 bits per heavy atom. The van der Waals surface area contributed by atoms with E-state index in [0.29, 0.717) is 5.02 Å². The molecule has 3 N–H and O–H groups in total. The third-order valence-electron chi connectivity index (χ3n) is 2.39. The van der Waals surface area contributed by atoms with Gasteiger partial charge in [-0.25, -0.2) is 0 Å². The quantitative estimate of drug-likeness (QED) is 0.803. The molecule has 1 aromatic rings. The molecule has 1 rings (SSSR count). The minimum absolute atomic E-state index is 0.339. The summed E-state index contributed by atoms with van der Waals surface area (Å²) in [4.78, 5) is 11.2. The number of carbonyl (C=O) groups is 1. The average Bonchev–Trinajstić information content (AvgIpc) is 2.26. The molecule has 1 unspecified atom stereocenters. The van der Waals surface area contributed by atoms with Crippen molar-refractivity contribution in [3.8, 4) is 0 Å². The zero-order valence-electron chi connectivity index (χ0n) is 9.37. The van der Waals surface area contributed by atoms with Crippen LogP contribution in [0, 0.1) is 0 Å². The monoisotopic (exact) mass is 240 g/mol. The summed E-state index contributed by atoms with van der Waals surface area (Å²) in [6, 6.07) is 6.98. The first kappa shape index (κ1) is 12.8. The van der Waals surface area contributed by atoms with Crippen molar-refractivity contribution in [1.82, 2.24) is 0 Å². The molecule has 0 radical (unpaired) electrons. The highest BCUT2D eigenvalue weighted by molar-refractivity contribution is 6.33. The third-order valence-corrected chi connectivity index (χ3v) is 2.72. The lowest BCUT2D eigenvalue weighted by atomic mass is 10.1. The van der Waals surface area contributed by atoms with Gasteiger partial charge >= 0.3 is 0 Å². The summed E-state index contributed by atoms with van der Waals surface area (Å²) < 4.78 is 0. The third kappa shape index (κ3) is 3.74. The Morgan fingerprint density at radius 3 is 2.75 bits per heavy atom. The molecule has 0 saturated heterocycles. The van der Waals surface area contributed by atoms with Gasteiger partial charge in [-0.2, -0.15) is 0 Å². The van der Waals surface area contributed by atoms with Crippen LogP contribution in [0.25, 0.3) is 0 Å². The van der Waals surface area contributed by atoms with Crippen molar-refractivity contribution in [3.05, 3.63) is 29.3 Å². The normalized spacial score (nSPS) is 12.1. The zero-order chi connectivity index (χ0) is 12.0. The second-order valence-electron chi connectivity index (χ2n) is 3.72. The molecule has 0 bridgehead atoms. The van der Waals surface area contributed by atoms with Gasteiger partial charge in [0.1, 0.15) is 6.04 Å². The summed E-state index contributed by atoms with van der Waals surface area (Å²) in [6.07, 6.45) is 2.73. The Balaban J connectivity index is 2.68. The highest BCUT2D eigenvalue weighted by atomic mass is 35.5. The number of nitrogens with one attached hydrogen (secondary N) is 1. The predicted octanol–water partition coefficient (Wildman–Crippen LogP) is 2.80. The summed E-state index contributed by atoms with van der Waals surface area (Å²) >= 11 is 5.99. The predicted molar refractivity (Wildman–Crippen MR) is 67.6 cm³/mol. The number of primary amides is 1. The van der Waals surface area contributed by atoms with Crippen LogP contribution in [0.2, 0.25) is 5.02 Å². The first-order valence-corrected chi connectivity index (χ1v) is 5.83. The van der Waals surface area contributed by atoms with E-state index in [1.54, 1.807) is 6.07 Å². The first-order chi connectivity index (χ1) is 7.65. The number of hydrogen-bond donors (Lipinski definition) is 2. The van der Waals surface area contributed by atoms with E-state index in [9.17, 15) is 4.79 Å². The highest BCUT2D eigenvalue weighted by Gasteiger charge is 2.15. The lowest BCUT2D eigenvalue weighted by Crippen LogP contribution is -2.35. The fraction of sp³-hybridized carbons (Fsp3) is 0.417. The van der Waals surface area contributed by atoms with E-state index in [1.165, 1.54) is 0 Å². The number of amides is 1. The van der Waals surface area contributed by atoms with Crippen LogP contribution in [0.15, 0.2) is 24.3 Å². The molecule has 88 valence electrons. The van der Waals surface area contributed by atoms with Gasteiger partial charge in [0.15, 0.2) is 0 Å². The molecule has 16 heavy (non-hydrogen) atoms. The number of rotatable bonds is 6. The van der Waals surface area contributed by atoms with Gasteiger partial charge in [-0.1, -0.05) is 43.5 Å². The minimum Gasteiger partial charge on any atom is -0.372 e. The second-order valence-corrected chi connectivity index (χ2v) is 4.13. The fourth-order valence-corrected chi connectivity index (χ4v) is 1.65. The van der Waals surface area contributed by atoms with Gasteiger partial charge in [-0.15, -0.1) is 0 Å². The van der Waals surface area contributed by atoms with E-state index in [1.807, 2.05) is 18.2 Å². The molecule has 0 heterocycles. The Morgan fingerprint density at radius 1 is 1.50 bits per heavy atom. The molecule has 0 saturated carbocycles. The van der Waals surface area contributed by atoms with Crippen molar-refractivity contribution in [2.75, 3.05) is 5.32 Å². The van der Waals surface area contributed by atoms with E-state index in [0.717, 1.165) is 24.9 Å². The van der Waals surface area contributed by atoms with Crippen LogP contribution < -0.4 is 11.1 Å². The van der Waals surface area contributed by atoms with Crippen LogP contribution in [0.5, 0.6) is 0 Å².